The molecule has 1 aliphatic carbocycles. The number of aromatic nitrogens is 1. The van der Waals surface area contributed by atoms with Gasteiger partial charge in [0.1, 0.15) is 7.05 Å². The number of nitrogens with zero attached hydrogens (tertiary/aromatic N) is 1. The van der Waals surface area contributed by atoms with Gasteiger partial charge in [-0.05, 0) is 78.7 Å². The Kier molecular flexibility index (Phi) is 6.27. The van der Waals surface area contributed by atoms with Gasteiger partial charge < -0.3 is 0 Å². The molecule has 3 aromatic rings. The lowest BCUT2D eigenvalue weighted by atomic mass is 9.82. The van der Waals surface area contributed by atoms with Gasteiger partial charge in [0.15, 0.2) is 5.69 Å². The van der Waals surface area contributed by atoms with Crippen molar-refractivity contribution in [1.82, 2.24) is 0 Å². The normalized spacial score (nSPS) is 15.3. The molecule has 0 radical (unpaired) electrons. The molecule has 0 aliphatic heterocycles. The van der Waals surface area contributed by atoms with Crippen LogP contribution in [0.1, 0.15) is 93.0 Å². The number of hydrogen-bond donors (Lipinski definition) is 0. The van der Waals surface area contributed by atoms with Gasteiger partial charge in [-0.2, -0.15) is 4.57 Å². The Hall–Kier alpha value is -2.15. The molecule has 1 saturated carbocycles. The molecule has 1 aliphatic rings. The number of hydrogen-bond acceptors (Lipinski definition) is 0. The van der Waals surface area contributed by atoms with Crippen molar-refractivity contribution < 1.29 is 4.57 Å². The molecule has 0 amide bonds. The van der Waals surface area contributed by atoms with E-state index in [1.807, 2.05) is 0 Å². The zero-order chi connectivity index (χ0) is 21.3. The van der Waals surface area contributed by atoms with Crippen LogP contribution in [0.4, 0.5) is 0 Å². The Labute approximate surface area is 183 Å². The second-order valence-corrected chi connectivity index (χ2v) is 9.46. The highest BCUT2D eigenvalue weighted by Crippen LogP contribution is 2.37. The molecule has 1 nitrogen and oxygen atoms in total. The zero-order valence-electron chi connectivity index (χ0n) is 19.6. The van der Waals surface area contributed by atoms with E-state index in [0.717, 1.165) is 5.92 Å². The lowest BCUT2D eigenvalue weighted by Gasteiger charge is -2.23. The molecule has 0 bridgehead atoms. The number of aryl methyl sites for hydroxylation is 2. The Morgan fingerprint density at radius 2 is 1.63 bits per heavy atom. The van der Waals surface area contributed by atoms with Crippen LogP contribution in [0.15, 0.2) is 42.5 Å². The predicted molar refractivity (Wildman–Crippen MR) is 129 cm³/mol. The number of fused-ring (bicyclic) bond motifs is 1. The van der Waals surface area contributed by atoms with Crippen LogP contribution >= 0.6 is 0 Å². The van der Waals surface area contributed by atoms with E-state index in [9.17, 15) is 0 Å². The molecule has 0 unspecified atom stereocenters. The summed E-state index contributed by atoms with van der Waals surface area (Å²) in [5, 5.41) is 2.76. The summed E-state index contributed by atoms with van der Waals surface area (Å²) in [4.78, 5) is 0. The van der Waals surface area contributed by atoms with Crippen molar-refractivity contribution in [3.8, 4) is 11.3 Å². The summed E-state index contributed by atoms with van der Waals surface area (Å²) in [5.74, 6) is 1.39. The summed E-state index contributed by atoms with van der Waals surface area (Å²) in [5.41, 5.74) is 8.50. The minimum atomic E-state index is 0.656. The summed E-state index contributed by atoms with van der Waals surface area (Å²) in [6, 6.07) is 16.8. The van der Waals surface area contributed by atoms with E-state index >= 15 is 0 Å². The maximum atomic E-state index is 2.51. The molecule has 1 heteroatoms. The van der Waals surface area contributed by atoms with Gasteiger partial charge in [0, 0.05) is 18.6 Å². The van der Waals surface area contributed by atoms with E-state index in [1.54, 1.807) is 5.56 Å². The first kappa shape index (κ1) is 21.1. The lowest BCUT2D eigenvalue weighted by molar-refractivity contribution is -0.665. The van der Waals surface area contributed by atoms with E-state index in [2.05, 4.69) is 81.8 Å². The van der Waals surface area contributed by atoms with Crippen molar-refractivity contribution >= 4 is 10.8 Å². The third-order valence-corrected chi connectivity index (χ3v) is 7.61. The van der Waals surface area contributed by atoms with E-state index < -0.39 is 0 Å². The molecular formula is C29H38N+. The fourth-order valence-corrected chi connectivity index (χ4v) is 5.52. The first-order valence-electron chi connectivity index (χ1n) is 12.1. The molecule has 1 aromatic heterocycles. The van der Waals surface area contributed by atoms with Crippen LogP contribution in [0.2, 0.25) is 0 Å². The van der Waals surface area contributed by atoms with E-state index in [-0.39, 0.29) is 0 Å². The van der Waals surface area contributed by atoms with Gasteiger partial charge in [0.2, 0.25) is 5.69 Å². The second kappa shape index (κ2) is 8.92. The highest BCUT2D eigenvalue weighted by molar-refractivity contribution is 5.94. The van der Waals surface area contributed by atoms with Crippen LogP contribution in [-0.2, 0) is 7.05 Å². The zero-order valence-corrected chi connectivity index (χ0v) is 19.6. The fourth-order valence-electron chi connectivity index (χ4n) is 5.52. The van der Waals surface area contributed by atoms with Gasteiger partial charge >= 0.3 is 0 Å². The Morgan fingerprint density at radius 1 is 0.900 bits per heavy atom. The van der Waals surface area contributed by atoms with Crippen molar-refractivity contribution in [2.24, 2.45) is 7.05 Å². The van der Waals surface area contributed by atoms with Crippen molar-refractivity contribution in [3.05, 3.63) is 64.8 Å². The average molecular weight is 401 g/mol. The molecule has 0 N–H and O–H groups in total. The highest BCUT2D eigenvalue weighted by Gasteiger charge is 2.23. The fraction of sp³-hybridized carbons (Fsp3) is 0.483. The number of benzene rings is 2. The summed E-state index contributed by atoms with van der Waals surface area (Å²) >= 11 is 0. The van der Waals surface area contributed by atoms with Crippen molar-refractivity contribution in [1.29, 1.82) is 0 Å². The molecule has 0 atom stereocenters. The van der Waals surface area contributed by atoms with Gasteiger partial charge in [0.05, 0.1) is 5.39 Å². The monoisotopic (exact) mass is 400 g/mol. The Bertz CT molecular complexity index is 1040. The highest BCUT2D eigenvalue weighted by atomic mass is 14.9. The standard InChI is InChI=1S/C29H38N/c1-6-22(7-2)24-15-16-27-26(18-24)17-21(4)30(5)29(27)28-19-25(14-13-20(28)3)23-11-9-8-10-12-23/h13-19,22-23H,6-12H2,1-5H3/q+1. The SMILES string of the molecule is CCC(CC)c1ccc2c(-c3cc(C4CCCCC4)ccc3C)[n+](C)c(C)cc2c1. The smallest absolute Gasteiger partial charge is 0.198 e. The molecule has 0 spiro atoms. The van der Waals surface area contributed by atoms with Crippen LogP contribution in [0, 0.1) is 13.8 Å². The molecule has 1 fully saturated rings. The first-order chi connectivity index (χ1) is 14.5. The van der Waals surface area contributed by atoms with Gasteiger partial charge in [0.25, 0.3) is 0 Å². The summed E-state index contributed by atoms with van der Waals surface area (Å²) in [6.07, 6.45) is 9.28. The van der Waals surface area contributed by atoms with Crippen LogP contribution < -0.4 is 4.57 Å². The molecule has 30 heavy (non-hydrogen) atoms. The quantitative estimate of drug-likeness (QED) is 0.383. The van der Waals surface area contributed by atoms with E-state index in [4.69, 9.17) is 0 Å². The maximum absolute atomic E-state index is 2.51. The largest absolute Gasteiger partial charge is 0.220 e. The lowest BCUT2D eigenvalue weighted by Crippen LogP contribution is -2.35. The van der Waals surface area contributed by atoms with Crippen molar-refractivity contribution in [3.63, 3.8) is 0 Å². The maximum Gasteiger partial charge on any atom is 0.220 e. The minimum absolute atomic E-state index is 0.656. The van der Waals surface area contributed by atoms with Crippen LogP contribution in [0.25, 0.3) is 22.0 Å². The molecule has 2 aromatic carbocycles. The molecular weight excluding hydrogens is 362 g/mol. The third kappa shape index (κ3) is 3.92. The van der Waals surface area contributed by atoms with Crippen molar-refractivity contribution in [2.75, 3.05) is 0 Å². The van der Waals surface area contributed by atoms with Gasteiger partial charge in [-0.1, -0.05) is 57.4 Å². The third-order valence-electron chi connectivity index (χ3n) is 7.61. The van der Waals surface area contributed by atoms with Gasteiger partial charge in [-0.3, -0.25) is 0 Å². The van der Waals surface area contributed by atoms with Crippen molar-refractivity contribution in [2.45, 2.75) is 84.5 Å². The molecule has 4 rings (SSSR count). The molecule has 0 saturated heterocycles. The number of pyridine rings is 1. The summed E-state index contributed by atoms with van der Waals surface area (Å²) < 4.78 is 2.39. The first-order valence-corrected chi connectivity index (χ1v) is 12.1. The average Bonchev–Trinajstić information content (AvgIpc) is 2.77. The second-order valence-electron chi connectivity index (χ2n) is 9.46. The van der Waals surface area contributed by atoms with Crippen LogP contribution in [0.5, 0.6) is 0 Å². The van der Waals surface area contributed by atoms with Gasteiger partial charge in [-0.15, -0.1) is 0 Å². The Balaban J connectivity index is 1.88. The summed E-state index contributed by atoms with van der Waals surface area (Å²) in [6.45, 7) is 9.13. The summed E-state index contributed by atoms with van der Waals surface area (Å²) in [7, 11) is 2.23. The van der Waals surface area contributed by atoms with E-state index in [1.165, 1.54) is 83.8 Å². The Morgan fingerprint density at radius 3 is 2.33 bits per heavy atom. The topological polar surface area (TPSA) is 3.88 Å². The predicted octanol–water partition coefficient (Wildman–Crippen LogP) is 7.90. The molecule has 158 valence electrons. The van der Waals surface area contributed by atoms with E-state index in [0.29, 0.717) is 5.92 Å². The van der Waals surface area contributed by atoms with Crippen LogP contribution in [-0.4, -0.2) is 0 Å². The minimum Gasteiger partial charge on any atom is -0.198 e. The van der Waals surface area contributed by atoms with Crippen LogP contribution in [0.3, 0.4) is 0 Å². The van der Waals surface area contributed by atoms with Gasteiger partial charge in [-0.25, -0.2) is 0 Å². The number of rotatable bonds is 5. The molecule has 1 heterocycles.